The summed E-state index contributed by atoms with van der Waals surface area (Å²) < 4.78 is 5.55. The molecule has 0 atom stereocenters. The summed E-state index contributed by atoms with van der Waals surface area (Å²) in [6.07, 6.45) is 6.39. The van der Waals surface area contributed by atoms with Gasteiger partial charge >= 0.3 is 5.97 Å². The zero-order valence-corrected chi connectivity index (χ0v) is 10.9. The van der Waals surface area contributed by atoms with Crippen molar-refractivity contribution in [1.29, 1.82) is 0 Å². The van der Waals surface area contributed by atoms with Gasteiger partial charge in [-0.25, -0.2) is 0 Å². The average Bonchev–Trinajstić information content (AvgIpc) is 2.38. The summed E-state index contributed by atoms with van der Waals surface area (Å²) >= 11 is 0. The van der Waals surface area contributed by atoms with Gasteiger partial charge in [0.25, 0.3) is 0 Å². The lowest BCUT2D eigenvalue weighted by molar-refractivity contribution is -0.137. The summed E-state index contributed by atoms with van der Waals surface area (Å²) in [6, 6.07) is 4.29. The van der Waals surface area contributed by atoms with E-state index in [1.54, 1.807) is 7.11 Å². The highest BCUT2D eigenvalue weighted by molar-refractivity contribution is 5.66. The largest absolute Gasteiger partial charge is 0.496 e. The lowest BCUT2D eigenvalue weighted by Gasteiger charge is -2.21. The molecule has 1 aliphatic rings. The molecular formula is C15H20O3. The highest BCUT2D eigenvalue weighted by Gasteiger charge is 2.17. The zero-order valence-electron chi connectivity index (χ0n) is 10.9. The van der Waals surface area contributed by atoms with Gasteiger partial charge in [-0.3, -0.25) is 4.79 Å². The van der Waals surface area contributed by atoms with Crippen LogP contribution in [0, 0.1) is 0 Å². The van der Waals surface area contributed by atoms with Crippen molar-refractivity contribution in [1.82, 2.24) is 0 Å². The SMILES string of the molecule is COc1c(CCCC(=O)O)ccc2c1CCCC2. The summed E-state index contributed by atoms with van der Waals surface area (Å²) in [4.78, 5) is 10.5. The van der Waals surface area contributed by atoms with Crippen LogP contribution >= 0.6 is 0 Å². The van der Waals surface area contributed by atoms with E-state index in [0.29, 0.717) is 6.42 Å². The third-order valence-electron chi connectivity index (χ3n) is 3.60. The molecule has 0 aliphatic heterocycles. The smallest absolute Gasteiger partial charge is 0.303 e. The van der Waals surface area contributed by atoms with Crippen LogP contribution in [0.4, 0.5) is 0 Å². The normalized spacial score (nSPS) is 14.1. The van der Waals surface area contributed by atoms with E-state index in [1.807, 2.05) is 0 Å². The summed E-state index contributed by atoms with van der Waals surface area (Å²) in [5, 5.41) is 8.68. The quantitative estimate of drug-likeness (QED) is 0.871. The molecular weight excluding hydrogens is 228 g/mol. The van der Waals surface area contributed by atoms with E-state index in [1.165, 1.54) is 24.0 Å². The van der Waals surface area contributed by atoms with Gasteiger partial charge in [-0.05, 0) is 55.2 Å². The number of rotatable bonds is 5. The van der Waals surface area contributed by atoms with E-state index in [-0.39, 0.29) is 6.42 Å². The molecule has 0 heterocycles. The van der Waals surface area contributed by atoms with E-state index < -0.39 is 5.97 Å². The first kappa shape index (κ1) is 12.9. The molecule has 1 N–H and O–H groups in total. The second-order valence-corrected chi connectivity index (χ2v) is 4.85. The molecule has 3 heteroatoms. The Labute approximate surface area is 108 Å². The van der Waals surface area contributed by atoms with Crippen LogP contribution in [-0.2, 0) is 24.1 Å². The maximum atomic E-state index is 10.5. The van der Waals surface area contributed by atoms with E-state index in [4.69, 9.17) is 9.84 Å². The zero-order chi connectivity index (χ0) is 13.0. The molecule has 3 nitrogen and oxygen atoms in total. The molecule has 0 spiro atoms. The maximum Gasteiger partial charge on any atom is 0.303 e. The topological polar surface area (TPSA) is 46.5 Å². The van der Waals surface area contributed by atoms with Gasteiger partial charge < -0.3 is 9.84 Å². The van der Waals surface area contributed by atoms with Crippen molar-refractivity contribution in [3.05, 3.63) is 28.8 Å². The molecule has 1 aliphatic carbocycles. The minimum atomic E-state index is -0.730. The van der Waals surface area contributed by atoms with Gasteiger partial charge in [0.1, 0.15) is 5.75 Å². The summed E-state index contributed by atoms with van der Waals surface area (Å²) in [6.45, 7) is 0. The minimum Gasteiger partial charge on any atom is -0.496 e. The van der Waals surface area contributed by atoms with Crippen LogP contribution in [-0.4, -0.2) is 18.2 Å². The number of benzene rings is 1. The Bertz CT molecular complexity index is 438. The van der Waals surface area contributed by atoms with E-state index in [2.05, 4.69) is 12.1 Å². The van der Waals surface area contributed by atoms with Crippen molar-refractivity contribution in [3.8, 4) is 5.75 Å². The molecule has 98 valence electrons. The van der Waals surface area contributed by atoms with Gasteiger partial charge in [0, 0.05) is 6.42 Å². The Morgan fingerprint density at radius 1 is 1.33 bits per heavy atom. The monoisotopic (exact) mass is 248 g/mol. The van der Waals surface area contributed by atoms with E-state index in [9.17, 15) is 4.79 Å². The Hall–Kier alpha value is -1.51. The summed E-state index contributed by atoms with van der Waals surface area (Å²) in [7, 11) is 1.71. The molecule has 0 amide bonds. The number of hydrogen-bond acceptors (Lipinski definition) is 2. The fourth-order valence-electron chi connectivity index (χ4n) is 2.72. The highest BCUT2D eigenvalue weighted by atomic mass is 16.5. The number of fused-ring (bicyclic) bond motifs is 1. The molecule has 0 fully saturated rings. The number of carbonyl (C=O) groups is 1. The van der Waals surface area contributed by atoms with Gasteiger partial charge in [-0.15, -0.1) is 0 Å². The van der Waals surface area contributed by atoms with Crippen molar-refractivity contribution in [3.63, 3.8) is 0 Å². The van der Waals surface area contributed by atoms with E-state index >= 15 is 0 Å². The van der Waals surface area contributed by atoms with Crippen molar-refractivity contribution in [2.75, 3.05) is 7.11 Å². The number of methoxy groups -OCH3 is 1. The van der Waals surface area contributed by atoms with Crippen LogP contribution in [0.15, 0.2) is 12.1 Å². The van der Waals surface area contributed by atoms with Crippen molar-refractivity contribution in [2.45, 2.75) is 44.9 Å². The second-order valence-electron chi connectivity index (χ2n) is 4.85. The van der Waals surface area contributed by atoms with Gasteiger partial charge in [-0.2, -0.15) is 0 Å². The fraction of sp³-hybridized carbons (Fsp3) is 0.533. The number of ether oxygens (including phenoxy) is 1. The van der Waals surface area contributed by atoms with Crippen molar-refractivity contribution in [2.24, 2.45) is 0 Å². The summed E-state index contributed by atoms with van der Waals surface area (Å²) in [5.74, 6) is 0.268. The average molecular weight is 248 g/mol. The second kappa shape index (κ2) is 5.89. The minimum absolute atomic E-state index is 0.222. The number of carboxylic acids is 1. The van der Waals surface area contributed by atoms with Crippen molar-refractivity contribution < 1.29 is 14.6 Å². The van der Waals surface area contributed by atoms with Gasteiger partial charge in [-0.1, -0.05) is 12.1 Å². The molecule has 0 unspecified atom stereocenters. The van der Waals surface area contributed by atoms with Crippen LogP contribution in [0.1, 0.15) is 42.4 Å². The molecule has 0 radical (unpaired) electrons. The number of aryl methyl sites for hydroxylation is 2. The molecule has 0 aromatic heterocycles. The molecule has 1 aromatic rings. The molecule has 0 saturated carbocycles. The van der Waals surface area contributed by atoms with Gasteiger partial charge in [0.2, 0.25) is 0 Å². The van der Waals surface area contributed by atoms with Crippen LogP contribution in [0.5, 0.6) is 5.75 Å². The van der Waals surface area contributed by atoms with E-state index in [0.717, 1.165) is 30.6 Å². The van der Waals surface area contributed by atoms with Crippen LogP contribution in [0.3, 0.4) is 0 Å². The molecule has 1 aromatic carbocycles. The Morgan fingerprint density at radius 3 is 2.83 bits per heavy atom. The number of hydrogen-bond donors (Lipinski definition) is 1. The van der Waals surface area contributed by atoms with Crippen LogP contribution < -0.4 is 4.74 Å². The van der Waals surface area contributed by atoms with Crippen LogP contribution in [0.25, 0.3) is 0 Å². The molecule has 0 saturated heterocycles. The third kappa shape index (κ3) is 2.84. The lowest BCUT2D eigenvalue weighted by atomic mass is 9.88. The third-order valence-corrected chi connectivity index (χ3v) is 3.60. The highest BCUT2D eigenvalue weighted by Crippen LogP contribution is 2.33. The first-order valence-corrected chi connectivity index (χ1v) is 6.62. The van der Waals surface area contributed by atoms with Gasteiger partial charge in [0.05, 0.1) is 7.11 Å². The lowest BCUT2D eigenvalue weighted by Crippen LogP contribution is -2.07. The molecule has 2 rings (SSSR count). The van der Waals surface area contributed by atoms with Crippen molar-refractivity contribution >= 4 is 5.97 Å². The Balaban J connectivity index is 2.17. The molecule has 18 heavy (non-hydrogen) atoms. The molecule has 0 bridgehead atoms. The maximum absolute atomic E-state index is 10.5. The first-order valence-electron chi connectivity index (χ1n) is 6.62. The van der Waals surface area contributed by atoms with Crippen LogP contribution in [0.2, 0.25) is 0 Å². The number of carboxylic acid groups (broad SMARTS) is 1. The Kier molecular flexibility index (Phi) is 4.24. The fourth-order valence-corrected chi connectivity index (χ4v) is 2.72. The predicted molar refractivity (Wildman–Crippen MR) is 70.2 cm³/mol. The standard InChI is InChI=1S/C15H20O3/c1-18-15-12(6-4-8-14(16)17)10-9-11-5-2-3-7-13(11)15/h9-10H,2-8H2,1H3,(H,16,17). The summed E-state index contributed by atoms with van der Waals surface area (Å²) in [5.41, 5.74) is 3.90. The van der Waals surface area contributed by atoms with Gasteiger partial charge in [0.15, 0.2) is 0 Å². The Morgan fingerprint density at radius 2 is 2.11 bits per heavy atom. The number of aliphatic carboxylic acids is 1. The predicted octanol–water partition coefficient (Wildman–Crippen LogP) is 2.98. The first-order chi connectivity index (χ1) is 8.72.